The van der Waals surface area contributed by atoms with Gasteiger partial charge >= 0.3 is 0 Å². The van der Waals surface area contributed by atoms with E-state index < -0.39 is 0 Å². The highest BCUT2D eigenvalue weighted by molar-refractivity contribution is 6.30. The molecule has 44 heavy (non-hydrogen) atoms. The molecule has 4 aromatic rings. The number of carbonyl (C=O) groups is 2. The minimum atomic E-state index is -0.159. The largest absolute Gasteiger partial charge is 0.361 e. The van der Waals surface area contributed by atoms with E-state index >= 15 is 0 Å². The van der Waals surface area contributed by atoms with Crippen LogP contribution < -0.4 is 20.7 Å². The van der Waals surface area contributed by atoms with Crippen molar-refractivity contribution >= 4 is 46.0 Å². The van der Waals surface area contributed by atoms with Gasteiger partial charge in [0.2, 0.25) is 0 Å². The second kappa shape index (κ2) is 11.9. The van der Waals surface area contributed by atoms with Crippen molar-refractivity contribution in [2.24, 2.45) is 10.2 Å². The van der Waals surface area contributed by atoms with Gasteiger partial charge in [-0.15, -0.1) is 0 Å². The lowest BCUT2D eigenvalue weighted by Crippen LogP contribution is -2.22. The molecular formula is C36H32N6O2. The molecule has 6 rings (SSSR count). The summed E-state index contributed by atoms with van der Waals surface area (Å²) in [4.78, 5) is 26.1. The second-order valence-electron chi connectivity index (χ2n) is 10.7. The van der Waals surface area contributed by atoms with Crippen LogP contribution in [0.2, 0.25) is 0 Å². The first-order chi connectivity index (χ1) is 21.3. The molecule has 2 N–H and O–H groups in total. The Hall–Kier alpha value is -5.76. The molecule has 0 saturated heterocycles. The van der Waals surface area contributed by atoms with E-state index in [-0.39, 0.29) is 11.8 Å². The van der Waals surface area contributed by atoms with E-state index in [2.05, 4.69) is 20.8 Å². The Morgan fingerprint density at radius 1 is 0.523 bits per heavy atom. The van der Waals surface area contributed by atoms with E-state index in [0.29, 0.717) is 22.6 Å². The Morgan fingerprint density at radius 3 is 1.25 bits per heavy atom. The normalized spacial score (nSPS) is 16.5. The summed E-state index contributed by atoms with van der Waals surface area (Å²) in [7, 11) is 0. The molecule has 0 unspecified atom stereocenters. The zero-order chi connectivity index (χ0) is 30.8. The molecule has 0 aromatic heterocycles. The molecule has 2 aliphatic heterocycles. The van der Waals surface area contributed by atoms with Gasteiger partial charge < -0.3 is 10.6 Å². The monoisotopic (exact) mass is 580 g/mol. The first-order valence-electron chi connectivity index (χ1n) is 14.4. The van der Waals surface area contributed by atoms with Crippen LogP contribution in [0, 0.1) is 13.8 Å². The molecule has 2 amide bonds. The average Bonchev–Trinajstić information content (AvgIpc) is 3.48. The van der Waals surface area contributed by atoms with Crippen LogP contribution in [0.5, 0.6) is 0 Å². The van der Waals surface area contributed by atoms with Crippen molar-refractivity contribution in [1.29, 1.82) is 0 Å². The standard InChI is InChI=1S/C36H32N6O2/c1-23-9-5-7-11-33(23)41-35(43)31(25(3)39-41)21-37-29-17-13-27(14-18-29)28-15-19-30(20-16-28)38-22-32-26(4)40-42(36(32)44)34-12-8-6-10-24(34)2/h5-22,37-38H,1-4H3/b31-21+,32-22+. The van der Waals surface area contributed by atoms with Crippen LogP contribution in [0.1, 0.15) is 25.0 Å². The molecule has 0 aliphatic carbocycles. The minimum absolute atomic E-state index is 0.159. The summed E-state index contributed by atoms with van der Waals surface area (Å²) in [5, 5.41) is 18.3. The summed E-state index contributed by atoms with van der Waals surface area (Å²) in [5.74, 6) is -0.317. The molecule has 2 heterocycles. The highest BCUT2D eigenvalue weighted by Gasteiger charge is 2.30. The molecule has 0 bridgehead atoms. The third-order valence-electron chi connectivity index (χ3n) is 7.68. The van der Waals surface area contributed by atoms with Crippen LogP contribution in [-0.2, 0) is 9.59 Å². The van der Waals surface area contributed by atoms with Crippen LogP contribution in [0.3, 0.4) is 0 Å². The number of hydrogen-bond acceptors (Lipinski definition) is 6. The lowest BCUT2D eigenvalue weighted by atomic mass is 10.0. The van der Waals surface area contributed by atoms with Crippen molar-refractivity contribution < 1.29 is 9.59 Å². The number of aryl methyl sites for hydroxylation is 2. The predicted octanol–water partition coefficient (Wildman–Crippen LogP) is 7.41. The highest BCUT2D eigenvalue weighted by atomic mass is 16.2. The molecule has 0 saturated carbocycles. The van der Waals surface area contributed by atoms with Crippen LogP contribution in [0.15, 0.2) is 131 Å². The van der Waals surface area contributed by atoms with Crippen LogP contribution in [0.25, 0.3) is 11.1 Å². The van der Waals surface area contributed by atoms with Crippen molar-refractivity contribution in [3.63, 3.8) is 0 Å². The number of hydrogen-bond donors (Lipinski definition) is 2. The van der Waals surface area contributed by atoms with Crippen LogP contribution >= 0.6 is 0 Å². The van der Waals surface area contributed by atoms with Crippen molar-refractivity contribution in [3.8, 4) is 11.1 Å². The quantitative estimate of drug-likeness (QED) is 0.223. The summed E-state index contributed by atoms with van der Waals surface area (Å²) in [6.07, 6.45) is 3.43. The second-order valence-corrected chi connectivity index (χ2v) is 10.7. The van der Waals surface area contributed by atoms with Gasteiger partial charge in [-0.3, -0.25) is 9.59 Å². The van der Waals surface area contributed by atoms with E-state index in [1.165, 1.54) is 10.0 Å². The molecule has 0 atom stereocenters. The van der Waals surface area contributed by atoms with Crippen molar-refractivity contribution in [1.82, 2.24) is 0 Å². The summed E-state index contributed by atoms with van der Waals surface area (Å²) in [6.45, 7) is 7.60. The summed E-state index contributed by atoms with van der Waals surface area (Å²) >= 11 is 0. The highest BCUT2D eigenvalue weighted by Crippen LogP contribution is 2.29. The molecule has 0 spiro atoms. The third-order valence-corrected chi connectivity index (χ3v) is 7.68. The van der Waals surface area contributed by atoms with E-state index in [4.69, 9.17) is 0 Å². The van der Waals surface area contributed by atoms with Gasteiger partial charge in [0, 0.05) is 23.8 Å². The Labute approximate surface area is 256 Å². The molecular weight excluding hydrogens is 548 g/mol. The Balaban J connectivity index is 1.09. The number of carbonyl (C=O) groups excluding carboxylic acids is 2. The fourth-order valence-electron chi connectivity index (χ4n) is 5.13. The molecule has 0 radical (unpaired) electrons. The maximum Gasteiger partial charge on any atom is 0.282 e. The van der Waals surface area contributed by atoms with E-state index in [0.717, 1.165) is 45.0 Å². The number of nitrogens with one attached hydrogen (secondary N) is 2. The third kappa shape index (κ3) is 5.53. The van der Waals surface area contributed by atoms with E-state index in [1.807, 2.05) is 125 Å². The number of benzene rings is 4. The van der Waals surface area contributed by atoms with Gasteiger partial charge in [0.25, 0.3) is 11.8 Å². The number of hydrazone groups is 2. The molecule has 4 aromatic carbocycles. The minimum Gasteiger partial charge on any atom is -0.361 e. The Morgan fingerprint density at radius 2 is 0.886 bits per heavy atom. The summed E-state index contributed by atoms with van der Waals surface area (Å²) in [5.41, 5.74) is 9.74. The smallest absolute Gasteiger partial charge is 0.282 e. The van der Waals surface area contributed by atoms with Gasteiger partial charge in [-0.05, 0) is 86.3 Å². The van der Waals surface area contributed by atoms with Gasteiger partial charge in [-0.1, -0.05) is 60.7 Å². The number of para-hydroxylation sites is 2. The number of amides is 2. The Kier molecular flexibility index (Phi) is 7.64. The molecule has 2 aliphatic rings. The van der Waals surface area contributed by atoms with Crippen LogP contribution in [-0.4, -0.2) is 23.2 Å². The van der Waals surface area contributed by atoms with Crippen molar-refractivity contribution in [2.75, 3.05) is 20.7 Å². The number of anilines is 4. The maximum absolute atomic E-state index is 13.1. The molecule has 8 heteroatoms. The molecule has 0 fully saturated rings. The van der Waals surface area contributed by atoms with Gasteiger partial charge in [0.05, 0.1) is 33.9 Å². The van der Waals surface area contributed by atoms with Gasteiger partial charge in [0.1, 0.15) is 0 Å². The number of nitrogens with zero attached hydrogens (tertiary/aromatic N) is 4. The predicted molar refractivity (Wildman–Crippen MR) is 179 cm³/mol. The zero-order valence-electron chi connectivity index (χ0n) is 25.0. The van der Waals surface area contributed by atoms with Crippen LogP contribution in [0.4, 0.5) is 22.7 Å². The zero-order valence-corrected chi connectivity index (χ0v) is 25.0. The summed E-state index contributed by atoms with van der Waals surface area (Å²) < 4.78 is 0. The van der Waals surface area contributed by atoms with Crippen molar-refractivity contribution in [3.05, 3.63) is 132 Å². The first kappa shape index (κ1) is 28.4. The SMILES string of the molecule is CC1=NN(c2ccccc2C)C(=O)/C1=C/Nc1ccc(-c2ccc(N/C=C3/C(=O)N(c4ccccc4C)N=C3C)cc2)cc1. The van der Waals surface area contributed by atoms with Crippen molar-refractivity contribution in [2.45, 2.75) is 27.7 Å². The maximum atomic E-state index is 13.1. The number of rotatable bonds is 7. The summed E-state index contributed by atoms with van der Waals surface area (Å²) in [6, 6.07) is 31.4. The fourth-order valence-corrected chi connectivity index (χ4v) is 5.13. The lowest BCUT2D eigenvalue weighted by Gasteiger charge is -2.14. The van der Waals surface area contributed by atoms with E-state index in [1.54, 1.807) is 12.4 Å². The first-order valence-corrected chi connectivity index (χ1v) is 14.4. The average molecular weight is 581 g/mol. The van der Waals surface area contributed by atoms with Gasteiger partial charge in [0.15, 0.2) is 0 Å². The van der Waals surface area contributed by atoms with Gasteiger partial charge in [-0.2, -0.15) is 20.2 Å². The molecule has 8 nitrogen and oxygen atoms in total. The van der Waals surface area contributed by atoms with E-state index in [9.17, 15) is 9.59 Å². The Bertz CT molecular complexity index is 1750. The van der Waals surface area contributed by atoms with Gasteiger partial charge in [-0.25, -0.2) is 0 Å². The topological polar surface area (TPSA) is 89.4 Å². The lowest BCUT2D eigenvalue weighted by molar-refractivity contribution is -0.115. The fraction of sp³-hybridized carbons (Fsp3) is 0.111. The molecule has 218 valence electrons.